The van der Waals surface area contributed by atoms with Crippen LogP contribution < -0.4 is 4.74 Å². The number of benzene rings is 1. The predicted molar refractivity (Wildman–Crippen MR) is 130 cm³/mol. The average molecular weight is 493 g/mol. The molecule has 10 heteroatoms. The van der Waals surface area contributed by atoms with E-state index >= 15 is 0 Å². The van der Waals surface area contributed by atoms with Gasteiger partial charge in [0.15, 0.2) is 0 Å². The third-order valence-electron chi connectivity index (χ3n) is 6.39. The van der Waals surface area contributed by atoms with Gasteiger partial charge in [0.25, 0.3) is 11.7 Å². The van der Waals surface area contributed by atoms with Crippen molar-refractivity contribution in [2.75, 3.05) is 20.8 Å². The van der Waals surface area contributed by atoms with Crippen LogP contribution in [-0.4, -0.2) is 63.0 Å². The highest BCUT2D eigenvalue weighted by Gasteiger charge is 2.46. The van der Waals surface area contributed by atoms with Crippen molar-refractivity contribution in [2.45, 2.75) is 32.9 Å². The first-order chi connectivity index (χ1) is 17.3. The summed E-state index contributed by atoms with van der Waals surface area (Å²) in [6.45, 7) is 4.20. The second kappa shape index (κ2) is 10.1. The number of likely N-dealkylation sites (tertiary alicyclic amines) is 1. The van der Waals surface area contributed by atoms with E-state index in [1.165, 1.54) is 19.1 Å². The van der Waals surface area contributed by atoms with Gasteiger partial charge in [-0.3, -0.25) is 9.59 Å². The third kappa shape index (κ3) is 4.37. The molecule has 10 nitrogen and oxygen atoms in total. The van der Waals surface area contributed by atoms with Gasteiger partial charge in [-0.15, -0.1) is 0 Å². The summed E-state index contributed by atoms with van der Waals surface area (Å²) in [4.78, 5) is 47.1. The van der Waals surface area contributed by atoms with Gasteiger partial charge in [0, 0.05) is 36.7 Å². The maximum Gasteiger partial charge on any atom is 0.354 e. The molecule has 1 amide bonds. The highest BCUT2D eigenvalue weighted by molar-refractivity contribution is 6.46. The number of Topliss-reactive ketones (excluding diaryl/α,β-unsaturated/α-hetero) is 1. The Bertz CT molecular complexity index is 1340. The van der Waals surface area contributed by atoms with Crippen molar-refractivity contribution in [1.29, 1.82) is 0 Å². The van der Waals surface area contributed by atoms with E-state index in [4.69, 9.17) is 9.47 Å². The molecule has 1 atom stereocenters. The molecule has 36 heavy (non-hydrogen) atoms. The number of imidazole rings is 1. The first kappa shape index (κ1) is 24.8. The molecule has 2 aromatic heterocycles. The molecule has 1 aliphatic rings. The monoisotopic (exact) mass is 492 g/mol. The smallest absolute Gasteiger partial charge is 0.354 e. The fraction of sp³-hybridized carbons (Fsp3) is 0.308. The number of amides is 1. The van der Waals surface area contributed by atoms with Crippen molar-refractivity contribution < 1.29 is 29.0 Å². The van der Waals surface area contributed by atoms with E-state index in [1.807, 2.05) is 10.8 Å². The molecule has 0 spiro atoms. The molecule has 0 saturated carbocycles. The maximum absolute atomic E-state index is 13.3. The lowest BCUT2D eigenvalue weighted by molar-refractivity contribution is -0.139. The number of rotatable bonds is 8. The number of H-pyrrole nitrogens is 1. The van der Waals surface area contributed by atoms with E-state index in [9.17, 15) is 19.5 Å². The molecule has 3 heterocycles. The Morgan fingerprint density at radius 1 is 1.19 bits per heavy atom. The molecule has 2 N–H and O–H groups in total. The summed E-state index contributed by atoms with van der Waals surface area (Å²) in [6.07, 6.45) is 5.75. The molecule has 1 saturated heterocycles. The number of nitrogens with zero attached hydrogens (tertiary/aromatic N) is 3. The standard InChI is InChI=1S/C26H28N4O6/c1-15-19(16(2)28-21(15)26(34)36-4)23(31)20-22(17-7-5-8-18(13-17)35-3)30(25(33)24(20)32)11-6-10-29-12-9-27-14-29/h5,7-9,12-14,22,28,31H,6,10-11H2,1-4H3/t22-/m1/s1. The molecule has 0 radical (unpaired) electrons. The highest BCUT2D eigenvalue weighted by atomic mass is 16.5. The number of carbonyl (C=O) groups excluding carboxylic acids is 3. The van der Waals surface area contributed by atoms with E-state index in [-0.39, 0.29) is 23.6 Å². The molecule has 1 aliphatic heterocycles. The van der Waals surface area contributed by atoms with Gasteiger partial charge in [0.2, 0.25) is 0 Å². The van der Waals surface area contributed by atoms with Gasteiger partial charge in [0.1, 0.15) is 17.2 Å². The molecule has 188 valence electrons. The molecule has 1 fully saturated rings. The first-order valence-electron chi connectivity index (χ1n) is 11.4. The number of ketones is 1. The number of aliphatic hydroxyl groups excluding tert-OH is 1. The Morgan fingerprint density at radius 2 is 1.97 bits per heavy atom. The number of nitrogens with one attached hydrogen (secondary N) is 1. The van der Waals surface area contributed by atoms with Crippen molar-refractivity contribution in [1.82, 2.24) is 19.4 Å². The van der Waals surface area contributed by atoms with Crippen molar-refractivity contribution in [3.8, 4) is 5.75 Å². The second-order valence-corrected chi connectivity index (χ2v) is 8.54. The fourth-order valence-corrected chi connectivity index (χ4v) is 4.66. The fourth-order valence-electron chi connectivity index (χ4n) is 4.66. The van der Waals surface area contributed by atoms with Gasteiger partial charge in [-0.2, -0.15) is 0 Å². The lowest BCUT2D eigenvalue weighted by Gasteiger charge is -2.25. The zero-order valence-corrected chi connectivity index (χ0v) is 20.6. The van der Waals surface area contributed by atoms with Crippen LogP contribution in [0.5, 0.6) is 5.75 Å². The van der Waals surface area contributed by atoms with Crippen molar-refractivity contribution in [3.05, 3.63) is 76.6 Å². The van der Waals surface area contributed by atoms with Gasteiger partial charge in [-0.05, 0) is 43.5 Å². The van der Waals surface area contributed by atoms with Crippen molar-refractivity contribution >= 4 is 23.4 Å². The largest absolute Gasteiger partial charge is 0.507 e. The van der Waals surface area contributed by atoms with Crippen LogP contribution in [0, 0.1) is 13.8 Å². The summed E-state index contributed by atoms with van der Waals surface area (Å²) in [6, 6.07) is 6.22. The number of aryl methyl sites for hydroxylation is 2. The molecular formula is C26H28N4O6. The van der Waals surface area contributed by atoms with Crippen molar-refractivity contribution in [3.63, 3.8) is 0 Å². The summed E-state index contributed by atoms with van der Waals surface area (Å²) in [5, 5.41) is 11.5. The maximum atomic E-state index is 13.3. The van der Waals surface area contributed by atoms with E-state index < -0.39 is 23.7 Å². The summed E-state index contributed by atoms with van der Waals surface area (Å²) in [7, 11) is 2.79. The van der Waals surface area contributed by atoms with Crippen LogP contribution in [0.15, 0.2) is 48.6 Å². The number of aromatic nitrogens is 3. The normalized spacial score (nSPS) is 17.0. The number of aliphatic hydroxyl groups is 1. The van der Waals surface area contributed by atoms with Crippen LogP contribution in [0.4, 0.5) is 0 Å². The van der Waals surface area contributed by atoms with Crippen LogP contribution >= 0.6 is 0 Å². The van der Waals surface area contributed by atoms with Gasteiger partial charge in [0.05, 0.1) is 32.2 Å². The Hall–Kier alpha value is -4.34. The number of carbonyl (C=O) groups is 3. The van der Waals surface area contributed by atoms with Crippen molar-refractivity contribution in [2.24, 2.45) is 0 Å². The molecule has 0 unspecified atom stereocenters. The van der Waals surface area contributed by atoms with E-state index in [1.54, 1.807) is 50.6 Å². The Kier molecular flexibility index (Phi) is 6.96. The van der Waals surface area contributed by atoms with Crippen LogP contribution in [0.25, 0.3) is 5.76 Å². The van der Waals surface area contributed by atoms with Gasteiger partial charge in [-0.25, -0.2) is 9.78 Å². The Balaban J connectivity index is 1.81. The molecule has 0 aliphatic carbocycles. The topological polar surface area (TPSA) is 127 Å². The van der Waals surface area contributed by atoms with E-state index in [0.29, 0.717) is 41.1 Å². The molecular weight excluding hydrogens is 464 g/mol. The second-order valence-electron chi connectivity index (χ2n) is 8.54. The number of aromatic amines is 1. The number of hydrogen-bond acceptors (Lipinski definition) is 7. The van der Waals surface area contributed by atoms with Gasteiger partial charge in [-0.1, -0.05) is 12.1 Å². The lowest BCUT2D eigenvalue weighted by atomic mass is 9.94. The average Bonchev–Trinajstić information content (AvgIpc) is 3.57. The summed E-state index contributed by atoms with van der Waals surface area (Å²) >= 11 is 0. The molecule has 0 bridgehead atoms. The Morgan fingerprint density at radius 3 is 2.64 bits per heavy atom. The lowest BCUT2D eigenvalue weighted by Crippen LogP contribution is -2.31. The summed E-state index contributed by atoms with van der Waals surface area (Å²) in [5.74, 6) is -1.88. The van der Waals surface area contributed by atoms with E-state index in [2.05, 4.69) is 9.97 Å². The zero-order valence-electron chi connectivity index (χ0n) is 20.6. The number of ether oxygens (including phenoxy) is 2. The number of hydrogen-bond donors (Lipinski definition) is 2. The van der Waals surface area contributed by atoms with Crippen LogP contribution in [-0.2, 0) is 20.9 Å². The molecule has 4 rings (SSSR count). The highest BCUT2D eigenvalue weighted by Crippen LogP contribution is 2.41. The zero-order chi connectivity index (χ0) is 26.0. The van der Waals surface area contributed by atoms with E-state index in [0.717, 1.165) is 0 Å². The van der Waals surface area contributed by atoms with Gasteiger partial charge < -0.3 is 29.0 Å². The minimum Gasteiger partial charge on any atom is -0.507 e. The third-order valence-corrected chi connectivity index (χ3v) is 6.39. The molecule has 1 aromatic carbocycles. The predicted octanol–water partition coefficient (Wildman–Crippen LogP) is 3.14. The summed E-state index contributed by atoms with van der Waals surface area (Å²) < 4.78 is 12.1. The van der Waals surface area contributed by atoms with Crippen LogP contribution in [0.3, 0.4) is 0 Å². The van der Waals surface area contributed by atoms with Crippen LogP contribution in [0.2, 0.25) is 0 Å². The Labute approximate surface area is 208 Å². The number of esters is 1. The first-order valence-corrected chi connectivity index (χ1v) is 11.4. The quantitative estimate of drug-likeness (QED) is 0.214. The summed E-state index contributed by atoms with van der Waals surface area (Å²) in [5.41, 5.74) is 1.94. The molecule has 3 aromatic rings. The minimum atomic E-state index is -0.835. The minimum absolute atomic E-state index is 0.0440. The number of methoxy groups -OCH3 is 2. The van der Waals surface area contributed by atoms with Gasteiger partial charge >= 0.3 is 5.97 Å². The van der Waals surface area contributed by atoms with Crippen LogP contribution in [0.1, 0.15) is 45.3 Å². The SMILES string of the molecule is COC(=O)c1[nH]c(C)c(C(O)=C2C(=O)C(=O)N(CCCn3ccnc3)[C@@H]2c2cccc(OC)c2)c1C.